The van der Waals surface area contributed by atoms with E-state index in [0.29, 0.717) is 19.5 Å². The van der Waals surface area contributed by atoms with E-state index < -0.39 is 23.0 Å². The Balaban J connectivity index is 2.15. The van der Waals surface area contributed by atoms with Crippen LogP contribution in [0.4, 0.5) is 0 Å². The van der Waals surface area contributed by atoms with Gasteiger partial charge in [0.25, 0.3) is 0 Å². The Kier molecular flexibility index (Phi) is 11.4. The molecule has 2 aliphatic rings. The quantitative estimate of drug-likeness (QED) is 0.344. The van der Waals surface area contributed by atoms with E-state index in [1.165, 1.54) is 5.57 Å². The molecular formula is C31H48N4O3S. The Morgan fingerprint density at radius 1 is 1.13 bits per heavy atom. The van der Waals surface area contributed by atoms with Crippen molar-refractivity contribution in [3.63, 3.8) is 0 Å². The number of rotatable bonds is 12. The Labute approximate surface area is 239 Å². The number of hydrogen-bond acceptors (Lipinski definition) is 5. The normalized spacial score (nSPS) is 19.8. The van der Waals surface area contributed by atoms with E-state index in [4.69, 9.17) is 0 Å². The van der Waals surface area contributed by atoms with Gasteiger partial charge < -0.3 is 15.5 Å². The largest absolute Gasteiger partial charge is 0.350 e. The van der Waals surface area contributed by atoms with E-state index in [9.17, 15) is 14.4 Å². The second kappa shape index (κ2) is 13.7. The summed E-state index contributed by atoms with van der Waals surface area (Å²) in [6, 6.07) is -1.29. The second-order valence-corrected chi connectivity index (χ2v) is 12.7. The fourth-order valence-electron chi connectivity index (χ4n) is 4.93. The number of hydrogen-bond donors (Lipinski definition) is 2. The molecule has 0 aromatic rings. The zero-order chi connectivity index (χ0) is 29.5. The predicted molar refractivity (Wildman–Crippen MR) is 163 cm³/mol. The van der Waals surface area contributed by atoms with E-state index in [0.717, 1.165) is 35.3 Å². The van der Waals surface area contributed by atoms with Gasteiger partial charge in [-0.1, -0.05) is 63.8 Å². The van der Waals surface area contributed by atoms with Gasteiger partial charge in [-0.25, -0.2) is 0 Å². The van der Waals surface area contributed by atoms with Gasteiger partial charge in [0.1, 0.15) is 12.1 Å². The smallest absolute Gasteiger partial charge is 0.246 e. The molecule has 1 heterocycles. The molecule has 216 valence electrons. The van der Waals surface area contributed by atoms with Gasteiger partial charge in [-0.3, -0.25) is 19.3 Å². The molecule has 0 bridgehead atoms. The minimum Gasteiger partial charge on any atom is -0.350 e. The molecule has 2 N–H and O–H groups in total. The maximum absolute atomic E-state index is 13.8. The molecule has 0 spiro atoms. The molecule has 1 aliphatic heterocycles. The lowest BCUT2D eigenvalue weighted by molar-refractivity contribution is -0.144. The van der Waals surface area contributed by atoms with Crippen molar-refractivity contribution in [2.24, 2.45) is 5.41 Å². The van der Waals surface area contributed by atoms with Crippen molar-refractivity contribution in [2.75, 3.05) is 33.4 Å². The number of carbonyl (C=O) groups is 3. The van der Waals surface area contributed by atoms with E-state index in [1.54, 1.807) is 22.7 Å². The highest BCUT2D eigenvalue weighted by atomic mass is 32.2. The zero-order valence-corrected chi connectivity index (χ0v) is 26.0. The number of allylic oxidation sites excluding steroid dienone is 5. The van der Waals surface area contributed by atoms with Crippen LogP contribution in [0.5, 0.6) is 0 Å². The monoisotopic (exact) mass is 556 g/mol. The van der Waals surface area contributed by atoms with Crippen molar-refractivity contribution in [2.45, 2.75) is 77.9 Å². The van der Waals surface area contributed by atoms with Crippen LogP contribution >= 0.6 is 11.8 Å². The van der Waals surface area contributed by atoms with Crippen LogP contribution in [0, 0.1) is 5.41 Å². The van der Waals surface area contributed by atoms with E-state index in [-0.39, 0.29) is 17.7 Å². The first-order valence-corrected chi connectivity index (χ1v) is 14.9. The average molecular weight is 557 g/mol. The molecule has 0 aromatic heterocycles. The molecule has 1 saturated carbocycles. The van der Waals surface area contributed by atoms with Gasteiger partial charge in [0.15, 0.2) is 0 Å². The third-order valence-corrected chi connectivity index (χ3v) is 8.63. The number of likely N-dealkylation sites (N-methyl/N-ethyl adjacent to an activating group) is 1. The molecule has 1 saturated heterocycles. The summed E-state index contributed by atoms with van der Waals surface area (Å²) in [6.45, 7) is 18.6. The molecule has 2 atom stereocenters. The first-order chi connectivity index (χ1) is 18.2. The van der Waals surface area contributed by atoms with Gasteiger partial charge in [0.2, 0.25) is 17.7 Å². The minimum atomic E-state index is -0.720. The van der Waals surface area contributed by atoms with Gasteiger partial charge >= 0.3 is 0 Å². The van der Waals surface area contributed by atoms with Gasteiger partial charge in [-0.2, -0.15) is 0 Å². The molecular weight excluding hydrogens is 508 g/mol. The van der Waals surface area contributed by atoms with E-state index in [2.05, 4.69) is 37.6 Å². The summed E-state index contributed by atoms with van der Waals surface area (Å²) >= 11 is 1.67. The molecule has 1 aliphatic carbocycles. The third-order valence-electron chi connectivity index (χ3n) is 7.58. The van der Waals surface area contributed by atoms with Crippen LogP contribution in [0.1, 0.15) is 60.3 Å². The highest BCUT2D eigenvalue weighted by molar-refractivity contribution is 8.02. The van der Waals surface area contributed by atoms with Crippen LogP contribution in [0.2, 0.25) is 0 Å². The van der Waals surface area contributed by atoms with Crippen LogP contribution in [0.15, 0.2) is 59.1 Å². The van der Waals surface area contributed by atoms with Crippen molar-refractivity contribution in [1.29, 1.82) is 0 Å². The molecule has 8 heteroatoms. The summed E-state index contributed by atoms with van der Waals surface area (Å²) < 4.78 is 0. The highest BCUT2D eigenvalue weighted by Crippen LogP contribution is 2.41. The highest BCUT2D eigenvalue weighted by Gasteiger charge is 2.53. The Bertz CT molecular complexity index is 1060. The summed E-state index contributed by atoms with van der Waals surface area (Å²) in [4.78, 5) is 44.9. The fraction of sp³-hybridized carbons (Fsp3) is 0.581. The van der Waals surface area contributed by atoms with Gasteiger partial charge in [-0.05, 0) is 76.4 Å². The first kappa shape index (κ1) is 32.6. The molecule has 2 fully saturated rings. The maximum atomic E-state index is 13.8. The van der Waals surface area contributed by atoms with Gasteiger partial charge in [0.05, 0.1) is 5.54 Å². The lowest BCUT2D eigenvalue weighted by Gasteiger charge is -2.37. The Morgan fingerprint density at radius 2 is 1.77 bits per heavy atom. The molecule has 39 heavy (non-hydrogen) atoms. The lowest BCUT2D eigenvalue weighted by atomic mass is 9.85. The van der Waals surface area contributed by atoms with Crippen LogP contribution < -0.4 is 10.6 Å². The third kappa shape index (κ3) is 7.98. The second-order valence-electron chi connectivity index (χ2n) is 11.9. The number of nitrogens with zero attached hydrogens (tertiary/aromatic N) is 2. The topological polar surface area (TPSA) is 81.8 Å². The Hall–Kier alpha value is -2.58. The van der Waals surface area contributed by atoms with Crippen molar-refractivity contribution in [3.8, 4) is 0 Å². The Morgan fingerprint density at radius 3 is 2.23 bits per heavy atom. The maximum Gasteiger partial charge on any atom is 0.246 e. The number of amides is 3. The minimum absolute atomic E-state index is 0.119. The van der Waals surface area contributed by atoms with Crippen molar-refractivity contribution in [1.82, 2.24) is 20.4 Å². The molecule has 0 radical (unpaired) electrons. The standard InChI is InChI=1S/C31H48N4O3S/c1-11-22(15-16-23(12-2)25(39-10)21(3)4)20-32-27(36)24-14-13-19-35(24)28(37)26(30(5,6)7)33-29(38)31(17-18-31)34(8)9/h11-12,15-16,24,26H,1-2,13-14,17-20H2,3-10H3,(H,32,36)(H,33,38)/b22-15+,23-16+/t24?,26-/m1/s1. The molecule has 1 unspecified atom stereocenters. The number of likely N-dealkylation sites (tertiary alicyclic amines) is 1. The first-order valence-electron chi connectivity index (χ1n) is 13.7. The summed E-state index contributed by atoms with van der Waals surface area (Å²) in [7, 11) is 3.79. The number of carbonyl (C=O) groups excluding carboxylic acids is 3. The van der Waals surface area contributed by atoms with Crippen molar-refractivity contribution >= 4 is 29.5 Å². The number of thioether (sulfide) groups is 1. The lowest BCUT2D eigenvalue weighted by Crippen LogP contribution is -2.60. The average Bonchev–Trinajstić information content (AvgIpc) is 3.55. The van der Waals surface area contributed by atoms with Crippen LogP contribution in [0.25, 0.3) is 0 Å². The summed E-state index contributed by atoms with van der Waals surface area (Å²) in [5.41, 5.74) is 2.03. The molecule has 0 aromatic carbocycles. The summed E-state index contributed by atoms with van der Waals surface area (Å²) in [5.74, 6) is -0.514. The summed E-state index contributed by atoms with van der Waals surface area (Å²) in [6.07, 6.45) is 12.4. The van der Waals surface area contributed by atoms with Crippen LogP contribution in [-0.4, -0.2) is 78.6 Å². The fourth-order valence-corrected chi connectivity index (χ4v) is 5.72. The van der Waals surface area contributed by atoms with Crippen molar-refractivity contribution < 1.29 is 14.4 Å². The predicted octanol–water partition coefficient (Wildman–Crippen LogP) is 4.60. The number of nitrogens with one attached hydrogen (secondary N) is 2. The SMILES string of the molecule is C=C/C(=C\C=C(/C=C)C(SC)=C(C)C)CNC(=O)C1CCCN1C(=O)[C@@H](NC(=O)C1(N(C)C)CC1)C(C)(C)C. The van der Waals surface area contributed by atoms with Gasteiger partial charge in [-0.15, -0.1) is 11.8 Å². The van der Waals surface area contributed by atoms with E-state index >= 15 is 0 Å². The van der Waals surface area contributed by atoms with Crippen LogP contribution in [0.3, 0.4) is 0 Å². The van der Waals surface area contributed by atoms with Crippen LogP contribution in [-0.2, 0) is 14.4 Å². The molecule has 2 rings (SSSR count). The molecule has 7 nitrogen and oxygen atoms in total. The molecule has 3 amide bonds. The summed E-state index contributed by atoms with van der Waals surface area (Å²) in [5, 5.41) is 6.04. The van der Waals surface area contributed by atoms with Crippen molar-refractivity contribution in [3.05, 3.63) is 59.1 Å². The van der Waals surface area contributed by atoms with E-state index in [1.807, 2.05) is 64.3 Å². The van der Waals surface area contributed by atoms with Gasteiger partial charge in [0, 0.05) is 18.0 Å². The zero-order valence-electron chi connectivity index (χ0n) is 25.1.